The highest BCUT2D eigenvalue weighted by atomic mass is 19.1. The van der Waals surface area contributed by atoms with E-state index in [0.29, 0.717) is 5.82 Å². The molecule has 1 heterocycles. The molecule has 1 atom stereocenters. The average Bonchev–Trinajstić information content (AvgIpc) is 2.30. The molecule has 0 radical (unpaired) electrons. The van der Waals surface area contributed by atoms with Gasteiger partial charge >= 0.3 is 0 Å². The first-order valence-corrected chi connectivity index (χ1v) is 3.89. The fraction of sp³-hybridized carbons (Fsp3) is 0.714. The molecule has 1 aromatic rings. The first-order valence-electron chi connectivity index (χ1n) is 3.89. The van der Waals surface area contributed by atoms with Gasteiger partial charge in [0.2, 0.25) is 0 Å². The second-order valence-corrected chi connectivity index (χ2v) is 3.82. The summed E-state index contributed by atoms with van der Waals surface area (Å²) < 4.78 is 17.4. The van der Waals surface area contributed by atoms with Crippen molar-refractivity contribution in [1.82, 2.24) is 10.1 Å². The zero-order valence-corrected chi connectivity index (χ0v) is 7.76. The highest BCUT2D eigenvalue weighted by Gasteiger charge is 2.22. The molecule has 0 aliphatic rings. The highest BCUT2D eigenvalue weighted by molar-refractivity contribution is 6.10. The van der Waals surface area contributed by atoms with E-state index >= 15 is 0 Å². The van der Waals surface area contributed by atoms with E-state index in [-0.39, 0.29) is 11.3 Å². The van der Waals surface area contributed by atoms with Crippen molar-refractivity contribution in [2.75, 3.05) is 0 Å². The minimum absolute atomic E-state index is 0.0555. The molecule has 0 amide bonds. The summed E-state index contributed by atoms with van der Waals surface area (Å²) in [6, 6.07) is 0. The zero-order valence-electron chi connectivity index (χ0n) is 7.76. The summed E-state index contributed by atoms with van der Waals surface area (Å²) in [5.41, 5.74) is -0.184. The molecule has 0 spiro atoms. The third-order valence-corrected chi connectivity index (χ3v) is 1.45. The van der Waals surface area contributed by atoms with Crippen LogP contribution >= 0.6 is 0 Å². The largest absolute Gasteiger partial charge is 0.337 e. The Morgan fingerprint density at radius 2 is 2.08 bits per heavy atom. The Morgan fingerprint density at radius 1 is 1.50 bits per heavy atom. The van der Waals surface area contributed by atoms with E-state index in [1.807, 2.05) is 20.8 Å². The van der Waals surface area contributed by atoms with Crippen LogP contribution in [0.5, 0.6) is 0 Å². The van der Waals surface area contributed by atoms with Gasteiger partial charge < -0.3 is 4.52 Å². The molecule has 1 aromatic heterocycles. The average molecular weight is 170 g/mol. The van der Waals surface area contributed by atoms with Crippen LogP contribution in [0.1, 0.15) is 38.6 Å². The molecule has 0 aliphatic carbocycles. The normalized spacial score (nSPS) is 14.7. The minimum atomic E-state index is -1.19. The molecule has 3 nitrogen and oxygen atoms in total. The first-order chi connectivity index (χ1) is 5.41. The summed E-state index contributed by atoms with van der Waals surface area (Å²) in [6.07, 6.45) is -1.19. The third-order valence-electron chi connectivity index (χ3n) is 1.45. The first kappa shape index (κ1) is 9.22. The molecule has 0 bridgehead atoms. The molecule has 0 saturated heterocycles. The van der Waals surface area contributed by atoms with Crippen LogP contribution in [0, 0.1) is 0 Å². The molecule has 12 heavy (non-hydrogen) atoms. The van der Waals surface area contributed by atoms with Crippen LogP contribution in [0.15, 0.2) is 4.52 Å². The van der Waals surface area contributed by atoms with Gasteiger partial charge in [0, 0.05) is 5.41 Å². The predicted molar refractivity (Wildman–Crippen MR) is 45.4 cm³/mol. The van der Waals surface area contributed by atoms with Gasteiger partial charge in [-0.05, 0) is 0 Å². The number of aromatic nitrogens is 2. The maximum atomic E-state index is 12.6. The van der Waals surface area contributed by atoms with E-state index in [9.17, 15) is 4.39 Å². The van der Waals surface area contributed by atoms with Gasteiger partial charge in [-0.1, -0.05) is 25.9 Å². The van der Waals surface area contributed by atoms with Gasteiger partial charge in [0.15, 0.2) is 13.7 Å². The number of hydrogen-bond donors (Lipinski definition) is 0. The quantitative estimate of drug-likeness (QED) is 0.589. The van der Waals surface area contributed by atoms with Gasteiger partial charge in [-0.15, -0.1) is 0 Å². The van der Waals surface area contributed by atoms with Crippen molar-refractivity contribution in [3.63, 3.8) is 0 Å². The minimum Gasteiger partial charge on any atom is -0.337 e. The number of rotatable bonds is 1. The lowest BCUT2D eigenvalue weighted by Gasteiger charge is -2.10. The Bertz CT molecular complexity index is 267. The molecule has 0 N–H and O–H groups in total. The third kappa shape index (κ3) is 1.84. The monoisotopic (exact) mass is 170 g/mol. The van der Waals surface area contributed by atoms with Crippen molar-refractivity contribution in [3.05, 3.63) is 11.7 Å². The van der Waals surface area contributed by atoms with Crippen LogP contribution < -0.4 is 0 Å². The van der Waals surface area contributed by atoms with Gasteiger partial charge in [-0.3, -0.25) is 0 Å². The lowest BCUT2D eigenvalue weighted by Crippen LogP contribution is -2.13. The van der Waals surface area contributed by atoms with Crippen molar-refractivity contribution in [2.24, 2.45) is 0 Å². The van der Waals surface area contributed by atoms with E-state index < -0.39 is 6.07 Å². The summed E-state index contributed by atoms with van der Waals surface area (Å²) >= 11 is 0. The maximum Gasteiger partial charge on any atom is 0.252 e. The van der Waals surface area contributed by atoms with E-state index in [2.05, 4.69) is 10.1 Å². The molecule has 0 fully saturated rings. The van der Waals surface area contributed by atoms with E-state index in [0.717, 1.165) is 0 Å². The van der Waals surface area contributed by atoms with Crippen molar-refractivity contribution in [1.29, 1.82) is 0 Å². The van der Waals surface area contributed by atoms with Crippen LogP contribution in [-0.2, 0) is 5.41 Å². The SMILES string of the molecule is BC(F)c1nc(C(C)(C)C)no1. The Balaban J connectivity index is 2.92. The zero-order chi connectivity index (χ0) is 9.35. The molecule has 66 valence electrons. The summed E-state index contributed by atoms with van der Waals surface area (Å²) in [4.78, 5) is 3.93. The van der Waals surface area contributed by atoms with Crippen molar-refractivity contribution in [2.45, 2.75) is 32.3 Å². The summed E-state index contributed by atoms with van der Waals surface area (Å²) in [5, 5.41) is 3.68. The lowest BCUT2D eigenvalue weighted by molar-refractivity contribution is 0.306. The highest BCUT2D eigenvalue weighted by Crippen LogP contribution is 2.20. The molecule has 1 rings (SSSR count). The molecule has 0 aromatic carbocycles. The molecule has 1 unspecified atom stereocenters. The Kier molecular flexibility index (Phi) is 2.21. The van der Waals surface area contributed by atoms with Gasteiger partial charge in [0.25, 0.3) is 5.89 Å². The molecular formula is C7H12BFN2O. The second kappa shape index (κ2) is 2.88. The number of halogens is 1. The van der Waals surface area contributed by atoms with Crippen LogP contribution in [0.25, 0.3) is 0 Å². The van der Waals surface area contributed by atoms with E-state index in [1.165, 1.54) is 7.85 Å². The van der Waals surface area contributed by atoms with Gasteiger partial charge in [-0.2, -0.15) is 4.98 Å². The number of hydrogen-bond acceptors (Lipinski definition) is 3. The standard InChI is InChI=1S/C7H12BFN2O/c1-7(2,3)6-10-5(4(8)9)12-11-6/h4H,8H2,1-3H3. The topological polar surface area (TPSA) is 38.9 Å². The van der Waals surface area contributed by atoms with Crippen LogP contribution in [-0.4, -0.2) is 18.0 Å². The number of nitrogens with zero attached hydrogens (tertiary/aromatic N) is 2. The van der Waals surface area contributed by atoms with Crippen molar-refractivity contribution in [3.8, 4) is 0 Å². The Labute approximate surface area is 71.8 Å². The fourth-order valence-corrected chi connectivity index (χ4v) is 0.701. The molecule has 0 aliphatic heterocycles. The summed E-state index contributed by atoms with van der Waals surface area (Å²) in [7, 11) is 1.37. The van der Waals surface area contributed by atoms with Crippen molar-refractivity contribution < 1.29 is 8.91 Å². The smallest absolute Gasteiger partial charge is 0.252 e. The molecule has 5 heteroatoms. The van der Waals surface area contributed by atoms with Crippen molar-refractivity contribution >= 4 is 7.85 Å². The molecular weight excluding hydrogens is 158 g/mol. The summed E-state index contributed by atoms with van der Waals surface area (Å²) in [5.74, 6) is 0.599. The Hall–Kier alpha value is -0.865. The van der Waals surface area contributed by atoms with Gasteiger partial charge in [-0.25, -0.2) is 4.39 Å². The van der Waals surface area contributed by atoms with E-state index in [1.54, 1.807) is 0 Å². The maximum absolute atomic E-state index is 12.6. The van der Waals surface area contributed by atoms with E-state index in [4.69, 9.17) is 4.52 Å². The Morgan fingerprint density at radius 3 is 2.33 bits per heavy atom. The van der Waals surface area contributed by atoms with Crippen LogP contribution in [0.4, 0.5) is 4.39 Å². The molecule has 0 saturated carbocycles. The number of alkyl halides is 1. The lowest BCUT2D eigenvalue weighted by atomic mass is 9.96. The summed E-state index contributed by atoms with van der Waals surface area (Å²) in [6.45, 7) is 5.85. The predicted octanol–water partition coefficient (Wildman–Crippen LogP) is 0.968. The van der Waals surface area contributed by atoms with Crippen LogP contribution in [0.3, 0.4) is 0 Å². The van der Waals surface area contributed by atoms with Gasteiger partial charge in [0.1, 0.15) is 6.07 Å². The second-order valence-electron chi connectivity index (χ2n) is 3.82. The fourth-order valence-electron chi connectivity index (χ4n) is 0.701. The van der Waals surface area contributed by atoms with Gasteiger partial charge in [0.05, 0.1) is 0 Å². The van der Waals surface area contributed by atoms with Crippen LogP contribution in [0.2, 0.25) is 0 Å².